The molecule has 1 heterocycles. The predicted octanol–water partition coefficient (Wildman–Crippen LogP) is 6.75. The minimum absolute atomic E-state index is 0.0119. The summed E-state index contributed by atoms with van der Waals surface area (Å²) in [6, 6.07) is 22.2. The van der Waals surface area contributed by atoms with E-state index in [4.69, 9.17) is 15.2 Å². The Morgan fingerprint density at radius 3 is 2.17 bits per heavy atom. The molecule has 1 saturated carbocycles. The lowest BCUT2D eigenvalue weighted by atomic mass is 10.0. The van der Waals surface area contributed by atoms with Gasteiger partial charge in [-0.2, -0.15) is 0 Å². The molecule has 9 nitrogen and oxygen atoms in total. The third kappa shape index (κ3) is 7.95. The Kier molecular flexibility index (Phi) is 9.89. The van der Waals surface area contributed by atoms with Crippen molar-refractivity contribution in [3.05, 3.63) is 129 Å². The number of carbonyl (C=O) groups is 3. The van der Waals surface area contributed by atoms with Gasteiger partial charge in [-0.25, -0.2) is 14.0 Å². The lowest BCUT2D eigenvalue weighted by Crippen LogP contribution is -2.43. The molecule has 3 aromatic carbocycles. The molecule has 5 rings (SSSR count). The molecule has 2 N–H and O–H groups in total. The average Bonchev–Trinajstić information content (AvgIpc) is 3.54. The van der Waals surface area contributed by atoms with E-state index >= 15 is 0 Å². The first kappa shape index (κ1) is 33.1. The monoisotopic (exact) mass is 639 g/mol. The molecule has 1 atom stereocenters. The van der Waals surface area contributed by atoms with Gasteiger partial charge in [0.15, 0.2) is 11.8 Å². The molecule has 47 heavy (non-hydrogen) atoms. The topological polar surface area (TPSA) is 121 Å². The van der Waals surface area contributed by atoms with E-state index in [0.29, 0.717) is 16.8 Å². The van der Waals surface area contributed by atoms with E-state index in [9.17, 15) is 23.6 Å². The first-order chi connectivity index (χ1) is 22.4. The Balaban J connectivity index is 1.47. The van der Waals surface area contributed by atoms with Crippen LogP contribution in [0, 0.1) is 5.82 Å². The maximum absolute atomic E-state index is 13.8. The van der Waals surface area contributed by atoms with E-state index in [0.717, 1.165) is 25.7 Å². The predicted molar refractivity (Wildman–Crippen MR) is 176 cm³/mol. The van der Waals surface area contributed by atoms with E-state index < -0.39 is 40.9 Å². The lowest BCUT2D eigenvalue weighted by Gasteiger charge is -2.33. The van der Waals surface area contributed by atoms with Crippen LogP contribution in [0.25, 0.3) is 5.69 Å². The molecule has 0 spiro atoms. The summed E-state index contributed by atoms with van der Waals surface area (Å²) in [5, 5.41) is 0. The van der Waals surface area contributed by atoms with Crippen molar-refractivity contribution < 1.29 is 28.2 Å². The second kappa shape index (κ2) is 14.0. The van der Waals surface area contributed by atoms with Crippen LogP contribution in [0.5, 0.6) is 0 Å². The average molecular weight is 640 g/mol. The minimum Gasteiger partial charge on any atom is -0.461 e. The molecule has 1 amide bonds. The van der Waals surface area contributed by atoms with Gasteiger partial charge in [0.05, 0.1) is 17.8 Å². The number of benzene rings is 3. The second-order valence-corrected chi connectivity index (χ2v) is 12.6. The number of hydrogen-bond donors (Lipinski definition) is 1. The van der Waals surface area contributed by atoms with Gasteiger partial charge in [0.1, 0.15) is 23.3 Å². The number of nitrogens with zero attached hydrogens (tertiary/aromatic N) is 2. The molecule has 1 aliphatic rings. The Labute approximate surface area is 272 Å². The number of nitrogen functional groups attached to an aromatic ring is 1. The number of carbonyl (C=O) groups excluding carboxylic acids is 3. The number of ketones is 1. The third-order valence-electron chi connectivity index (χ3n) is 7.89. The Morgan fingerprint density at radius 2 is 1.55 bits per heavy atom. The van der Waals surface area contributed by atoms with Crippen LogP contribution in [-0.2, 0) is 20.8 Å². The van der Waals surface area contributed by atoms with Crippen molar-refractivity contribution >= 4 is 23.7 Å². The van der Waals surface area contributed by atoms with E-state index in [-0.39, 0.29) is 29.6 Å². The Morgan fingerprint density at radius 1 is 0.915 bits per heavy atom. The number of pyridine rings is 1. The van der Waals surface area contributed by atoms with Crippen molar-refractivity contribution in [3.8, 4) is 5.69 Å². The summed E-state index contributed by atoms with van der Waals surface area (Å²) >= 11 is 0. The molecule has 1 aromatic heterocycles. The summed E-state index contributed by atoms with van der Waals surface area (Å²) in [4.78, 5) is 54.9. The van der Waals surface area contributed by atoms with Gasteiger partial charge in [-0.1, -0.05) is 42.5 Å². The van der Waals surface area contributed by atoms with Crippen molar-refractivity contribution in [2.24, 2.45) is 0 Å². The van der Waals surface area contributed by atoms with Crippen LogP contribution in [0.2, 0.25) is 0 Å². The molecule has 1 fully saturated rings. The quantitative estimate of drug-likeness (QED) is 0.159. The molecule has 10 heteroatoms. The maximum atomic E-state index is 13.8. The van der Waals surface area contributed by atoms with Gasteiger partial charge in [-0.05, 0) is 100 Å². The number of amides is 1. The number of hydrogen-bond acceptors (Lipinski definition) is 7. The number of esters is 1. The largest absolute Gasteiger partial charge is 0.461 e. The zero-order valence-corrected chi connectivity index (χ0v) is 26.6. The van der Waals surface area contributed by atoms with Crippen LogP contribution in [0.1, 0.15) is 79.5 Å². The lowest BCUT2D eigenvalue weighted by molar-refractivity contribution is -0.155. The Hall–Kier alpha value is -5.25. The van der Waals surface area contributed by atoms with Crippen LogP contribution >= 0.6 is 0 Å². The zero-order valence-electron chi connectivity index (χ0n) is 26.6. The van der Waals surface area contributed by atoms with Crippen LogP contribution in [-0.4, -0.2) is 39.0 Å². The smallest absolute Gasteiger partial charge is 0.411 e. The first-order valence-corrected chi connectivity index (χ1v) is 15.6. The molecule has 0 aliphatic heterocycles. The summed E-state index contributed by atoms with van der Waals surface area (Å²) in [5.41, 5.74) is 6.98. The third-order valence-corrected chi connectivity index (χ3v) is 7.89. The number of aromatic nitrogens is 1. The van der Waals surface area contributed by atoms with E-state index in [2.05, 4.69) is 0 Å². The van der Waals surface area contributed by atoms with Gasteiger partial charge < -0.3 is 15.2 Å². The van der Waals surface area contributed by atoms with Gasteiger partial charge >= 0.3 is 12.1 Å². The number of anilines is 1. The van der Waals surface area contributed by atoms with Crippen molar-refractivity contribution in [1.29, 1.82) is 0 Å². The highest BCUT2D eigenvalue weighted by atomic mass is 19.1. The number of halogens is 1. The van der Waals surface area contributed by atoms with Crippen LogP contribution in [0.15, 0.2) is 95.8 Å². The fourth-order valence-electron chi connectivity index (χ4n) is 5.61. The van der Waals surface area contributed by atoms with Crippen molar-refractivity contribution in [2.45, 2.75) is 70.7 Å². The van der Waals surface area contributed by atoms with Gasteiger partial charge in [-0.3, -0.25) is 19.1 Å². The molecule has 0 bridgehead atoms. The summed E-state index contributed by atoms with van der Waals surface area (Å²) in [7, 11) is 0. The van der Waals surface area contributed by atoms with Crippen LogP contribution in [0.4, 0.5) is 15.0 Å². The first-order valence-electron chi connectivity index (χ1n) is 15.6. The number of nitrogens with two attached hydrogens (primary N) is 1. The van der Waals surface area contributed by atoms with Crippen LogP contribution in [0.3, 0.4) is 0 Å². The van der Waals surface area contributed by atoms with Crippen molar-refractivity contribution in [2.75, 3.05) is 5.73 Å². The fourth-order valence-corrected chi connectivity index (χ4v) is 5.61. The molecule has 1 aliphatic carbocycles. The summed E-state index contributed by atoms with van der Waals surface area (Å²) in [6.45, 7) is 5.25. The summed E-state index contributed by atoms with van der Waals surface area (Å²) < 4.78 is 26.3. The van der Waals surface area contributed by atoms with Gasteiger partial charge in [0, 0.05) is 11.6 Å². The Bertz CT molecular complexity index is 1790. The highest BCUT2D eigenvalue weighted by Gasteiger charge is 2.37. The second-order valence-electron chi connectivity index (χ2n) is 12.6. The highest BCUT2D eigenvalue weighted by Crippen LogP contribution is 2.30. The SMILES string of the molecule is CC(C)(C)OC(=O)N(Cc1ccc(-n2c(N)c(C(=O)c3ccc(F)cc3)ccc2=O)cc1)[C@H](C(=O)OC1CCCC1)c1ccccc1. The number of rotatable bonds is 9. The summed E-state index contributed by atoms with van der Waals surface area (Å²) in [6.07, 6.45) is 2.62. The van der Waals surface area contributed by atoms with E-state index in [1.54, 1.807) is 69.3 Å². The zero-order chi connectivity index (χ0) is 33.7. The highest BCUT2D eigenvalue weighted by molar-refractivity contribution is 6.11. The van der Waals surface area contributed by atoms with Crippen LogP contribution < -0.4 is 11.3 Å². The number of ether oxygens (including phenoxy) is 2. The van der Waals surface area contributed by atoms with Gasteiger partial charge in [-0.15, -0.1) is 0 Å². The van der Waals surface area contributed by atoms with Gasteiger partial charge in [0.2, 0.25) is 0 Å². The molecule has 0 radical (unpaired) electrons. The molecular weight excluding hydrogens is 601 g/mol. The van der Waals surface area contributed by atoms with E-state index in [1.165, 1.54) is 45.9 Å². The molecule has 0 saturated heterocycles. The molecule has 4 aromatic rings. The molecular formula is C37H38FN3O6. The van der Waals surface area contributed by atoms with Crippen molar-refractivity contribution in [3.63, 3.8) is 0 Å². The normalized spacial score (nSPS) is 14.0. The maximum Gasteiger partial charge on any atom is 0.411 e. The fraction of sp³-hybridized carbons (Fsp3) is 0.297. The summed E-state index contributed by atoms with van der Waals surface area (Å²) in [5.74, 6) is -1.55. The standard InChI is InChI=1S/C37H38FN3O6/c1-37(2,3)47-36(45)40(32(25-9-5-4-6-10-25)35(44)46-29-11-7-8-12-29)23-24-13-19-28(20-14-24)41-31(42)22-21-30(34(41)39)33(43)26-15-17-27(38)18-16-26/h4-6,9-10,13-22,29,32H,7-8,11-12,23,39H2,1-3H3/t32-/m0/s1. The van der Waals surface area contributed by atoms with Crippen molar-refractivity contribution in [1.82, 2.24) is 9.47 Å². The minimum atomic E-state index is -1.07. The van der Waals surface area contributed by atoms with E-state index in [1.807, 2.05) is 6.07 Å². The molecule has 0 unspecified atom stereocenters. The van der Waals surface area contributed by atoms with Gasteiger partial charge in [0.25, 0.3) is 5.56 Å². The molecule has 244 valence electrons.